The van der Waals surface area contributed by atoms with Gasteiger partial charge in [0.25, 0.3) is 0 Å². The van der Waals surface area contributed by atoms with E-state index in [2.05, 4.69) is 89.7 Å². The lowest BCUT2D eigenvalue weighted by atomic mass is 9.79. The fraction of sp³-hybridized carbons (Fsp3) is 0.167. The zero-order valence-corrected chi connectivity index (χ0v) is 20.9. The molecule has 0 fully saturated rings. The quantitative estimate of drug-likeness (QED) is 0.309. The molecule has 1 aliphatic heterocycles. The Hall–Kier alpha value is -3.37. The van der Waals surface area contributed by atoms with Crippen molar-refractivity contribution in [2.24, 2.45) is 0 Å². The number of ether oxygens (including phenoxy) is 1. The van der Waals surface area contributed by atoms with Gasteiger partial charge < -0.3 is 10.1 Å². The first kappa shape index (κ1) is 21.2. The Morgan fingerprint density at radius 1 is 0.882 bits per heavy atom. The molecule has 4 heteroatoms. The smallest absolute Gasteiger partial charge is 0.232 e. The van der Waals surface area contributed by atoms with Crippen molar-refractivity contribution in [1.29, 1.82) is 0 Å². The van der Waals surface area contributed by atoms with Crippen LogP contribution in [0.1, 0.15) is 46.6 Å². The number of nitrogens with one attached hydrogen (secondary N) is 1. The van der Waals surface area contributed by atoms with E-state index in [0.29, 0.717) is 0 Å². The summed E-state index contributed by atoms with van der Waals surface area (Å²) in [5, 5.41) is 5.47. The van der Waals surface area contributed by atoms with Gasteiger partial charge >= 0.3 is 0 Å². The molecule has 2 aliphatic rings. The molecule has 1 N–H and O–H groups in total. The van der Waals surface area contributed by atoms with Gasteiger partial charge in [0, 0.05) is 21.6 Å². The van der Waals surface area contributed by atoms with E-state index < -0.39 is 0 Å². The van der Waals surface area contributed by atoms with Gasteiger partial charge in [-0.1, -0.05) is 76.1 Å². The normalized spacial score (nSPS) is 18.8. The molecule has 0 bridgehead atoms. The van der Waals surface area contributed by atoms with Crippen LogP contribution < -0.4 is 10.1 Å². The summed E-state index contributed by atoms with van der Waals surface area (Å²) in [7, 11) is 1.73. The molecule has 1 amide bonds. The molecule has 4 aromatic rings. The van der Waals surface area contributed by atoms with E-state index in [4.69, 9.17) is 4.74 Å². The third kappa shape index (κ3) is 2.91. The summed E-state index contributed by atoms with van der Waals surface area (Å²) in [5.74, 6) is 0.566. The molecule has 1 aliphatic carbocycles. The Kier molecular flexibility index (Phi) is 4.89. The van der Waals surface area contributed by atoms with Gasteiger partial charge in [-0.3, -0.25) is 4.79 Å². The van der Waals surface area contributed by atoms with Crippen molar-refractivity contribution >= 4 is 43.9 Å². The van der Waals surface area contributed by atoms with E-state index in [9.17, 15) is 4.79 Å². The fourth-order valence-corrected chi connectivity index (χ4v) is 6.26. The topological polar surface area (TPSA) is 38.3 Å². The van der Waals surface area contributed by atoms with Crippen molar-refractivity contribution in [3.05, 3.63) is 111 Å². The maximum absolute atomic E-state index is 13.4. The predicted molar refractivity (Wildman–Crippen MR) is 142 cm³/mol. The third-order valence-electron chi connectivity index (χ3n) is 7.42. The molecular formula is C30H24BrNO2. The second kappa shape index (κ2) is 7.85. The first-order valence-corrected chi connectivity index (χ1v) is 12.3. The number of allylic oxidation sites excluding steroid dienone is 1. The Bertz CT molecular complexity index is 1530. The Morgan fingerprint density at radius 3 is 2.47 bits per heavy atom. The van der Waals surface area contributed by atoms with E-state index in [1.807, 2.05) is 18.2 Å². The van der Waals surface area contributed by atoms with Gasteiger partial charge in [-0.15, -0.1) is 0 Å². The van der Waals surface area contributed by atoms with Gasteiger partial charge in [0.2, 0.25) is 5.91 Å². The minimum Gasteiger partial charge on any atom is -0.496 e. The second-order valence-electron chi connectivity index (χ2n) is 9.09. The minimum absolute atomic E-state index is 0.0517. The molecular weight excluding hydrogens is 486 g/mol. The van der Waals surface area contributed by atoms with Crippen molar-refractivity contribution in [3.63, 3.8) is 0 Å². The SMILES string of the molecule is COc1ccc2ccccc2c1C1=C(C)C(C2C(=O)Nc3ccc(Br)c(C)c32)c2ccccc21. The molecule has 4 aromatic carbocycles. The standard InChI is InChI=1S/C30H24BrNO2/c1-16-22(31)13-14-23-27(16)29(30(33)32-23)26-17(2)25(20-10-6-7-11-21(20)26)28-19-9-5-4-8-18(19)12-15-24(28)34-3/h4-15,26,29H,1-3H3,(H,32,33). The highest BCUT2D eigenvalue weighted by molar-refractivity contribution is 9.10. The molecule has 0 aromatic heterocycles. The summed E-state index contributed by atoms with van der Waals surface area (Å²) in [6.07, 6.45) is 0. The largest absolute Gasteiger partial charge is 0.496 e. The van der Waals surface area contributed by atoms with Crippen molar-refractivity contribution < 1.29 is 9.53 Å². The van der Waals surface area contributed by atoms with E-state index in [1.54, 1.807) is 7.11 Å². The highest BCUT2D eigenvalue weighted by atomic mass is 79.9. The number of halogens is 1. The van der Waals surface area contributed by atoms with E-state index in [0.717, 1.165) is 38.0 Å². The maximum atomic E-state index is 13.4. The second-order valence-corrected chi connectivity index (χ2v) is 9.94. The number of amides is 1. The zero-order valence-electron chi connectivity index (χ0n) is 19.3. The van der Waals surface area contributed by atoms with Crippen molar-refractivity contribution in [1.82, 2.24) is 0 Å². The number of methoxy groups -OCH3 is 1. The molecule has 2 atom stereocenters. The van der Waals surface area contributed by atoms with E-state index in [-0.39, 0.29) is 17.7 Å². The van der Waals surface area contributed by atoms with Crippen molar-refractivity contribution in [2.75, 3.05) is 12.4 Å². The third-order valence-corrected chi connectivity index (χ3v) is 8.28. The molecule has 34 heavy (non-hydrogen) atoms. The monoisotopic (exact) mass is 509 g/mol. The van der Waals surface area contributed by atoms with Gasteiger partial charge in [0.05, 0.1) is 13.0 Å². The number of fused-ring (bicyclic) bond motifs is 3. The van der Waals surface area contributed by atoms with Gasteiger partial charge in [-0.2, -0.15) is 0 Å². The predicted octanol–water partition coefficient (Wildman–Crippen LogP) is 7.57. The van der Waals surface area contributed by atoms with Crippen LogP contribution >= 0.6 is 15.9 Å². The Labute approximate surface area is 207 Å². The van der Waals surface area contributed by atoms with Crippen LogP contribution in [-0.2, 0) is 4.79 Å². The zero-order chi connectivity index (χ0) is 23.6. The van der Waals surface area contributed by atoms with Gasteiger partial charge in [-0.25, -0.2) is 0 Å². The summed E-state index contributed by atoms with van der Waals surface area (Å²) in [4.78, 5) is 13.4. The van der Waals surface area contributed by atoms with Crippen LogP contribution in [0, 0.1) is 6.92 Å². The first-order chi connectivity index (χ1) is 16.5. The van der Waals surface area contributed by atoms with Gasteiger partial charge in [-0.05, 0) is 70.6 Å². The van der Waals surface area contributed by atoms with Crippen LogP contribution in [0.5, 0.6) is 5.75 Å². The summed E-state index contributed by atoms with van der Waals surface area (Å²) in [6.45, 7) is 4.27. The molecule has 168 valence electrons. The summed E-state index contributed by atoms with van der Waals surface area (Å²) in [5.41, 5.74) is 8.94. The lowest BCUT2D eigenvalue weighted by Gasteiger charge is -2.22. The number of anilines is 1. The number of hydrogen-bond donors (Lipinski definition) is 1. The van der Waals surface area contributed by atoms with Crippen LogP contribution in [0.4, 0.5) is 5.69 Å². The summed E-state index contributed by atoms with van der Waals surface area (Å²) in [6, 6.07) is 25.1. The number of rotatable bonds is 3. The molecule has 1 heterocycles. The molecule has 0 spiro atoms. The van der Waals surface area contributed by atoms with Gasteiger partial charge in [0.15, 0.2) is 0 Å². The lowest BCUT2D eigenvalue weighted by molar-refractivity contribution is -0.117. The van der Waals surface area contributed by atoms with Crippen LogP contribution in [0.2, 0.25) is 0 Å². The molecule has 0 radical (unpaired) electrons. The van der Waals surface area contributed by atoms with Crippen LogP contribution in [0.15, 0.2) is 82.8 Å². The van der Waals surface area contributed by atoms with Crippen molar-refractivity contribution in [2.45, 2.75) is 25.7 Å². The molecule has 0 saturated heterocycles. The highest BCUT2D eigenvalue weighted by Gasteiger charge is 2.44. The summed E-state index contributed by atoms with van der Waals surface area (Å²) >= 11 is 3.68. The molecule has 6 rings (SSSR count). The number of carbonyl (C=O) groups is 1. The molecule has 3 nitrogen and oxygen atoms in total. The summed E-state index contributed by atoms with van der Waals surface area (Å²) < 4.78 is 6.91. The maximum Gasteiger partial charge on any atom is 0.232 e. The number of hydrogen-bond acceptors (Lipinski definition) is 2. The Morgan fingerprint density at radius 2 is 1.65 bits per heavy atom. The van der Waals surface area contributed by atoms with Crippen LogP contribution in [0.3, 0.4) is 0 Å². The van der Waals surface area contributed by atoms with E-state index >= 15 is 0 Å². The first-order valence-electron chi connectivity index (χ1n) is 11.5. The number of benzene rings is 4. The Balaban J connectivity index is 1.65. The van der Waals surface area contributed by atoms with Crippen molar-refractivity contribution in [3.8, 4) is 5.75 Å². The lowest BCUT2D eigenvalue weighted by Crippen LogP contribution is -2.20. The molecule has 2 unspecified atom stereocenters. The van der Waals surface area contributed by atoms with E-state index in [1.165, 1.54) is 27.7 Å². The highest BCUT2D eigenvalue weighted by Crippen LogP contribution is 2.56. The average molecular weight is 510 g/mol. The number of carbonyl (C=O) groups excluding carboxylic acids is 1. The minimum atomic E-state index is -0.285. The van der Waals surface area contributed by atoms with Crippen LogP contribution in [-0.4, -0.2) is 13.0 Å². The van der Waals surface area contributed by atoms with Gasteiger partial charge in [0.1, 0.15) is 5.75 Å². The fourth-order valence-electron chi connectivity index (χ4n) is 5.91. The van der Waals surface area contributed by atoms with Crippen LogP contribution in [0.25, 0.3) is 16.3 Å². The average Bonchev–Trinajstić information content (AvgIpc) is 3.33. The molecule has 0 saturated carbocycles.